The smallest absolute Gasteiger partial charge is 0.251 e. The van der Waals surface area contributed by atoms with Crippen LogP contribution in [-0.2, 0) is 4.74 Å². The van der Waals surface area contributed by atoms with E-state index in [1.165, 1.54) is 4.90 Å². The van der Waals surface area contributed by atoms with Crippen LogP contribution < -0.4 is 10.2 Å². The first-order chi connectivity index (χ1) is 9.16. The highest BCUT2D eigenvalue weighted by Gasteiger charge is 2.14. The normalized spacial score (nSPS) is 16.3. The molecule has 2 rings (SSSR count). The number of hydrogen-bond acceptors (Lipinski definition) is 2. The number of halogens is 1. The topological polar surface area (TPSA) is 42.8 Å². The first-order valence-electron chi connectivity index (χ1n) is 6.62. The molecule has 104 valence electrons. The van der Waals surface area contributed by atoms with Crippen LogP contribution in [0.3, 0.4) is 0 Å². The Morgan fingerprint density at radius 3 is 2.84 bits per heavy atom. The van der Waals surface area contributed by atoms with Gasteiger partial charge in [-0.2, -0.15) is 0 Å². The lowest BCUT2D eigenvalue weighted by Gasteiger charge is -2.23. The number of carbonyl (C=O) groups is 1. The molecule has 1 amide bonds. The highest BCUT2D eigenvalue weighted by molar-refractivity contribution is 6.31. The molecule has 5 heteroatoms. The Balaban J connectivity index is 1.78. The van der Waals surface area contributed by atoms with Crippen LogP contribution in [0.1, 0.15) is 15.9 Å². The number of aryl methyl sites for hydroxylation is 1. The van der Waals surface area contributed by atoms with Gasteiger partial charge in [-0.05, 0) is 24.6 Å². The summed E-state index contributed by atoms with van der Waals surface area (Å²) < 4.78 is 5.30. The Morgan fingerprint density at radius 1 is 1.42 bits per heavy atom. The van der Waals surface area contributed by atoms with Crippen LogP contribution >= 0.6 is 11.6 Å². The first-order valence-corrected chi connectivity index (χ1v) is 7.00. The van der Waals surface area contributed by atoms with E-state index in [1.807, 2.05) is 13.0 Å². The van der Waals surface area contributed by atoms with Crippen molar-refractivity contribution in [3.05, 3.63) is 34.3 Å². The summed E-state index contributed by atoms with van der Waals surface area (Å²) in [6.45, 7) is 7.21. The lowest BCUT2D eigenvalue weighted by Crippen LogP contribution is -3.14. The minimum absolute atomic E-state index is 0.0606. The summed E-state index contributed by atoms with van der Waals surface area (Å²) in [5.74, 6) is -0.0606. The Bertz CT molecular complexity index is 445. The third-order valence-corrected chi connectivity index (χ3v) is 3.81. The molecule has 0 aromatic heterocycles. The van der Waals surface area contributed by atoms with Crippen molar-refractivity contribution in [2.24, 2.45) is 0 Å². The Labute approximate surface area is 118 Å². The molecule has 1 saturated heterocycles. The lowest BCUT2D eigenvalue weighted by atomic mass is 10.1. The van der Waals surface area contributed by atoms with Gasteiger partial charge < -0.3 is 15.0 Å². The van der Waals surface area contributed by atoms with E-state index in [0.717, 1.165) is 38.4 Å². The van der Waals surface area contributed by atoms with Crippen molar-refractivity contribution in [3.63, 3.8) is 0 Å². The van der Waals surface area contributed by atoms with E-state index in [9.17, 15) is 4.79 Å². The molecule has 4 nitrogen and oxygen atoms in total. The fourth-order valence-electron chi connectivity index (χ4n) is 2.10. The van der Waals surface area contributed by atoms with Crippen molar-refractivity contribution >= 4 is 17.5 Å². The van der Waals surface area contributed by atoms with E-state index in [2.05, 4.69) is 5.32 Å². The monoisotopic (exact) mass is 283 g/mol. The standard InChI is InChI=1S/C14H19ClN2O2/c1-11-2-3-12(10-13(11)15)14(18)16-4-5-17-6-8-19-9-7-17/h2-3,10H,4-9H2,1H3,(H,16,18)/p+1. The van der Waals surface area contributed by atoms with Crippen LogP contribution in [0.4, 0.5) is 0 Å². The summed E-state index contributed by atoms with van der Waals surface area (Å²) in [6.07, 6.45) is 0. The SMILES string of the molecule is Cc1ccc(C(=O)NCC[NH+]2CCOCC2)cc1Cl. The summed E-state index contributed by atoms with van der Waals surface area (Å²) in [4.78, 5) is 13.4. The summed E-state index contributed by atoms with van der Waals surface area (Å²) in [5.41, 5.74) is 1.60. The largest absolute Gasteiger partial charge is 0.370 e. The maximum atomic E-state index is 11.9. The zero-order chi connectivity index (χ0) is 13.7. The second-order valence-electron chi connectivity index (χ2n) is 4.83. The van der Waals surface area contributed by atoms with E-state index in [1.54, 1.807) is 12.1 Å². The van der Waals surface area contributed by atoms with Gasteiger partial charge in [-0.15, -0.1) is 0 Å². The molecule has 0 aliphatic carbocycles. The van der Waals surface area contributed by atoms with Gasteiger partial charge in [0.15, 0.2) is 0 Å². The zero-order valence-electron chi connectivity index (χ0n) is 11.2. The predicted molar refractivity (Wildman–Crippen MR) is 74.9 cm³/mol. The number of carbonyl (C=O) groups excluding carboxylic acids is 1. The van der Waals surface area contributed by atoms with Crippen LogP contribution in [-0.4, -0.2) is 45.3 Å². The predicted octanol–water partition coefficient (Wildman–Crippen LogP) is 0.293. The number of ether oxygens (including phenoxy) is 1. The molecule has 0 spiro atoms. The number of nitrogens with one attached hydrogen (secondary N) is 2. The summed E-state index contributed by atoms with van der Waals surface area (Å²) >= 11 is 6.02. The second kappa shape index (κ2) is 6.89. The molecule has 1 aliphatic rings. The maximum absolute atomic E-state index is 11.9. The third-order valence-electron chi connectivity index (χ3n) is 3.40. The number of rotatable bonds is 4. The number of morpholine rings is 1. The first kappa shape index (κ1) is 14.3. The maximum Gasteiger partial charge on any atom is 0.251 e. The van der Waals surface area contributed by atoms with E-state index in [0.29, 0.717) is 17.1 Å². The molecule has 1 aromatic rings. The van der Waals surface area contributed by atoms with Gasteiger partial charge in [0.1, 0.15) is 13.1 Å². The van der Waals surface area contributed by atoms with Gasteiger partial charge in [-0.3, -0.25) is 4.79 Å². The average Bonchev–Trinajstić information content (AvgIpc) is 2.43. The Morgan fingerprint density at radius 2 is 2.16 bits per heavy atom. The summed E-state index contributed by atoms with van der Waals surface area (Å²) in [7, 11) is 0. The summed E-state index contributed by atoms with van der Waals surface area (Å²) in [5, 5.41) is 3.56. The van der Waals surface area contributed by atoms with Crippen LogP contribution in [0.5, 0.6) is 0 Å². The molecule has 1 aromatic carbocycles. The molecular weight excluding hydrogens is 264 g/mol. The quantitative estimate of drug-likeness (QED) is 0.834. The zero-order valence-corrected chi connectivity index (χ0v) is 11.9. The van der Waals surface area contributed by atoms with Crippen LogP contribution in [0.15, 0.2) is 18.2 Å². The van der Waals surface area contributed by atoms with E-state index in [4.69, 9.17) is 16.3 Å². The Kier molecular flexibility index (Phi) is 5.19. The van der Waals surface area contributed by atoms with E-state index in [-0.39, 0.29) is 5.91 Å². The lowest BCUT2D eigenvalue weighted by molar-refractivity contribution is -0.906. The number of quaternary nitrogens is 1. The second-order valence-corrected chi connectivity index (χ2v) is 5.24. The molecule has 0 unspecified atom stereocenters. The molecule has 19 heavy (non-hydrogen) atoms. The van der Waals surface area contributed by atoms with Crippen LogP contribution in [0.25, 0.3) is 0 Å². The summed E-state index contributed by atoms with van der Waals surface area (Å²) in [6, 6.07) is 5.39. The van der Waals surface area contributed by atoms with E-state index >= 15 is 0 Å². The van der Waals surface area contributed by atoms with Crippen molar-refractivity contribution in [1.29, 1.82) is 0 Å². The molecule has 1 heterocycles. The number of amides is 1. The van der Waals surface area contributed by atoms with Crippen LogP contribution in [0.2, 0.25) is 5.02 Å². The van der Waals surface area contributed by atoms with Gasteiger partial charge in [-0.25, -0.2) is 0 Å². The third kappa shape index (κ3) is 4.20. The molecular formula is C14H20ClN2O2+. The highest BCUT2D eigenvalue weighted by atomic mass is 35.5. The average molecular weight is 284 g/mol. The van der Waals surface area contributed by atoms with Crippen molar-refractivity contribution in [2.45, 2.75) is 6.92 Å². The molecule has 0 radical (unpaired) electrons. The van der Waals surface area contributed by atoms with Gasteiger partial charge in [0.05, 0.1) is 26.3 Å². The molecule has 0 atom stereocenters. The van der Waals surface area contributed by atoms with Gasteiger partial charge in [0.2, 0.25) is 0 Å². The number of benzene rings is 1. The highest BCUT2D eigenvalue weighted by Crippen LogP contribution is 2.16. The van der Waals surface area contributed by atoms with Crippen molar-refractivity contribution in [1.82, 2.24) is 5.32 Å². The van der Waals surface area contributed by atoms with Gasteiger partial charge >= 0.3 is 0 Å². The van der Waals surface area contributed by atoms with Gasteiger partial charge in [-0.1, -0.05) is 17.7 Å². The molecule has 1 fully saturated rings. The van der Waals surface area contributed by atoms with Crippen molar-refractivity contribution in [2.75, 3.05) is 39.4 Å². The minimum atomic E-state index is -0.0606. The fraction of sp³-hybridized carbons (Fsp3) is 0.500. The van der Waals surface area contributed by atoms with Crippen LogP contribution in [0, 0.1) is 6.92 Å². The van der Waals surface area contributed by atoms with E-state index < -0.39 is 0 Å². The number of hydrogen-bond donors (Lipinski definition) is 2. The van der Waals surface area contributed by atoms with Gasteiger partial charge in [0, 0.05) is 10.6 Å². The molecule has 0 saturated carbocycles. The Hall–Kier alpha value is -1.10. The molecule has 1 aliphatic heterocycles. The fourth-order valence-corrected chi connectivity index (χ4v) is 2.28. The molecule has 2 N–H and O–H groups in total. The molecule has 0 bridgehead atoms. The van der Waals surface area contributed by atoms with Gasteiger partial charge in [0.25, 0.3) is 5.91 Å². The van der Waals surface area contributed by atoms with Crippen molar-refractivity contribution < 1.29 is 14.4 Å². The van der Waals surface area contributed by atoms with Crippen molar-refractivity contribution in [3.8, 4) is 0 Å². The minimum Gasteiger partial charge on any atom is -0.370 e.